The van der Waals surface area contributed by atoms with Gasteiger partial charge in [-0.25, -0.2) is 0 Å². The van der Waals surface area contributed by atoms with Crippen molar-refractivity contribution in [1.82, 2.24) is 4.57 Å². The van der Waals surface area contributed by atoms with Crippen molar-refractivity contribution < 1.29 is 0 Å². The predicted octanol–water partition coefficient (Wildman–Crippen LogP) is 4.25. The molecule has 3 aromatic rings. The molecule has 0 radical (unpaired) electrons. The van der Waals surface area contributed by atoms with Crippen LogP contribution in [0, 0.1) is 6.92 Å². The largest absolute Gasteiger partial charge is 0.347 e. The van der Waals surface area contributed by atoms with Gasteiger partial charge in [0.05, 0.1) is 0 Å². The van der Waals surface area contributed by atoms with Crippen LogP contribution in [0.5, 0.6) is 0 Å². The fraction of sp³-hybridized carbons (Fsp3) is 0.300. The summed E-state index contributed by atoms with van der Waals surface area (Å²) in [7, 11) is 0. The van der Waals surface area contributed by atoms with Gasteiger partial charge in [0.2, 0.25) is 0 Å². The van der Waals surface area contributed by atoms with Crippen LogP contribution in [0.3, 0.4) is 0 Å². The van der Waals surface area contributed by atoms with Crippen molar-refractivity contribution in [1.29, 1.82) is 0 Å². The molecule has 22 heavy (non-hydrogen) atoms. The number of nitrogens with zero attached hydrogens (tertiary/aromatic N) is 1. The maximum Gasteiger partial charge on any atom is 0.0483 e. The van der Waals surface area contributed by atoms with Crippen LogP contribution >= 0.6 is 0 Å². The van der Waals surface area contributed by atoms with E-state index in [0.29, 0.717) is 12.5 Å². The fourth-order valence-corrected chi connectivity index (χ4v) is 3.29. The van der Waals surface area contributed by atoms with E-state index in [2.05, 4.69) is 73.1 Å². The van der Waals surface area contributed by atoms with Crippen LogP contribution in [0.4, 0.5) is 0 Å². The lowest BCUT2D eigenvalue weighted by molar-refractivity contribution is 0.688. The first-order valence-corrected chi connectivity index (χ1v) is 8.07. The number of hydrogen-bond donors (Lipinski definition) is 1. The summed E-state index contributed by atoms with van der Waals surface area (Å²) in [5.74, 6) is 0.360. The standard InChI is InChI=1S/C20H24N2/c1-3-22-14-19(18-10-6-7-11-20(18)22)17(13-21)12-16-9-5-4-8-15(16)2/h4-11,14,17H,3,12-13,21H2,1-2H3. The molecule has 2 nitrogen and oxygen atoms in total. The van der Waals surface area contributed by atoms with Crippen LogP contribution in [0.1, 0.15) is 29.5 Å². The first kappa shape index (κ1) is 14.9. The molecule has 0 saturated heterocycles. The van der Waals surface area contributed by atoms with Gasteiger partial charge < -0.3 is 10.3 Å². The highest BCUT2D eigenvalue weighted by molar-refractivity contribution is 5.84. The lowest BCUT2D eigenvalue weighted by Crippen LogP contribution is -2.15. The van der Waals surface area contributed by atoms with Crippen molar-refractivity contribution in [3.63, 3.8) is 0 Å². The highest BCUT2D eigenvalue weighted by atomic mass is 14.9. The molecule has 1 atom stereocenters. The van der Waals surface area contributed by atoms with E-state index in [-0.39, 0.29) is 0 Å². The molecule has 2 heteroatoms. The molecule has 2 aromatic carbocycles. The molecule has 114 valence electrons. The van der Waals surface area contributed by atoms with Crippen LogP contribution < -0.4 is 5.73 Å². The molecule has 0 bridgehead atoms. The third-order valence-corrected chi connectivity index (χ3v) is 4.61. The zero-order chi connectivity index (χ0) is 15.5. The second-order valence-corrected chi connectivity index (χ2v) is 5.95. The fourth-order valence-electron chi connectivity index (χ4n) is 3.29. The van der Waals surface area contributed by atoms with E-state index in [9.17, 15) is 0 Å². The molecule has 0 saturated carbocycles. The van der Waals surface area contributed by atoms with Gasteiger partial charge in [-0.3, -0.25) is 0 Å². The first-order valence-electron chi connectivity index (χ1n) is 8.07. The van der Waals surface area contributed by atoms with E-state index in [1.807, 2.05) is 0 Å². The van der Waals surface area contributed by atoms with Crippen molar-refractivity contribution in [3.8, 4) is 0 Å². The number of nitrogens with two attached hydrogens (primary N) is 1. The molecule has 0 spiro atoms. The summed E-state index contributed by atoms with van der Waals surface area (Å²) in [5, 5.41) is 1.34. The molecule has 0 aliphatic rings. The minimum Gasteiger partial charge on any atom is -0.347 e. The van der Waals surface area contributed by atoms with Gasteiger partial charge in [-0.2, -0.15) is 0 Å². The van der Waals surface area contributed by atoms with E-state index in [1.165, 1.54) is 27.6 Å². The summed E-state index contributed by atoms with van der Waals surface area (Å²) >= 11 is 0. The molecule has 0 aliphatic carbocycles. The Morgan fingerprint density at radius 2 is 1.77 bits per heavy atom. The Hall–Kier alpha value is -2.06. The number of rotatable bonds is 5. The van der Waals surface area contributed by atoms with E-state index >= 15 is 0 Å². The van der Waals surface area contributed by atoms with E-state index in [1.54, 1.807) is 0 Å². The maximum atomic E-state index is 6.14. The number of aromatic nitrogens is 1. The third-order valence-electron chi connectivity index (χ3n) is 4.61. The monoisotopic (exact) mass is 292 g/mol. The Bertz CT molecular complexity index is 770. The Morgan fingerprint density at radius 3 is 2.50 bits per heavy atom. The van der Waals surface area contributed by atoms with Gasteiger partial charge in [0.1, 0.15) is 0 Å². The van der Waals surface area contributed by atoms with Gasteiger partial charge in [-0.05, 0) is 49.6 Å². The van der Waals surface area contributed by atoms with Gasteiger partial charge in [0.25, 0.3) is 0 Å². The van der Waals surface area contributed by atoms with Crippen LogP contribution in [0.25, 0.3) is 10.9 Å². The highest BCUT2D eigenvalue weighted by Crippen LogP contribution is 2.30. The normalized spacial score (nSPS) is 12.7. The molecule has 2 N–H and O–H groups in total. The van der Waals surface area contributed by atoms with Gasteiger partial charge in [-0.1, -0.05) is 42.5 Å². The zero-order valence-electron chi connectivity index (χ0n) is 13.4. The number of benzene rings is 2. The van der Waals surface area contributed by atoms with Crippen molar-refractivity contribution in [2.24, 2.45) is 5.73 Å². The summed E-state index contributed by atoms with van der Waals surface area (Å²) in [5.41, 5.74) is 11.6. The average Bonchev–Trinajstić information content (AvgIpc) is 2.93. The average molecular weight is 292 g/mol. The van der Waals surface area contributed by atoms with Crippen LogP contribution in [0.2, 0.25) is 0 Å². The lowest BCUT2D eigenvalue weighted by Gasteiger charge is -2.16. The van der Waals surface area contributed by atoms with Gasteiger partial charge in [-0.15, -0.1) is 0 Å². The summed E-state index contributed by atoms with van der Waals surface area (Å²) in [6.45, 7) is 6.03. The molecular formula is C20H24N2. The smallest absolute Gasteiger partial charge is 0.0483 e. The molecule has 3 rings (SSSR count). The second kappa shape index (κ2) is 6.37. The molecule has 0 amide bonds. The number of para-hydroxylation sites is 1. The third kappa shape index (κ3) is 2.67. The number of fused-ring (bicyclic) bond motifs is 1. The number of hydrogen-bond acceptors (Lipinski definition) is 1. The van der Waals surface area contributed by atoms with Gasteiger partial charge in [0.15, 0.2) is 0 Å². The Morgan fingerprint density at radius 1 is 1.05 bits per heavy atom. The Kier molecular flexibility index (Phi) is 4.30. The predicted molar refractivity (Wildman–Crippen MR) is 94.3 cm³/mol. The summed E-state index contributed by atoms with van der Waals surface area (Å²) in [6.07, 6.45) is 3.29. The molecule has 0 fully saturated rings. The van der Waals surface area contributed by atoms with Crippen molar-refractivity contribution in [3.05, 3.63) is 71.4 Å². The zero-order valence-corrected chi connectivity index (χ0v) is 13.4. The van der Waals surface area contributed by atoms with Crippen LogP contribution in [0.15, 0.2) is 54.7 Å². The van der Waals surface area contributed by atoms with Crippen LogP contribution in [-0.2, 0) is 13.0 Å². The molecule has 1 heterocycles. The van der Waals surface area contributed by atoms with Crippen LogP contribution in [-0.4, -0.2) is 11.1 Å². The first-order chi connectivity index (χ1) is 10.7. The van der Waals surface area contributed by atoms with Crippen molar-refractivity contribution in [2.75, 3.05) is 6.54 Å². The highest BCUT2D eigenvalue weighted by Gasteiger charge is 2.17. The Balaban J connectivity index is 2.02. The molecule has 1 unspecified atom stereocenters. The van der Waals surface area contributed by atoms with Gasteiger partial charge in [0, 0.05) is 29.6 Å². The summed E-state index contributed by atoms with van der Waals surface area (Å²) in [4.78, 5) is 0. The minimum atomic E-state index is 0.360. The van der Waals surface area contributed by atoms with Gasteiger partial charge >= 0.3 is 0 Å². The lowest BCUT2D eigenvalue weighted by atomic mass is 9.90. The number of aryl methyl sites for hydroxylation is 2. The van der Waals surface area contributed by atoms with E-state index in [0.717, 1.165) is 13.0 Å². The quantitative estimate of drug-likeness (QED) is 0.748. The van der Waals surface area contributed by atoms with Crippen molar-refractivity contribution in [2.45, 2.75) is 32.7 Å². The topological polar surface area (TPSA) is 30.9 Å². The molecular weight excluding hydrogens is 268 g/mol. The van der Waals surface area contributed by atoms with Crippen molar-refractivity contribution >= 4 is 10.9 Å². The summed E-state index contributed by atoms with van der Waals surface area (Å²) < 4.78 is 2.32. The molecule has 1 aromatic heterocycles. The molecule has 0 aliphatic heterocycles. The maximum absolute atomic E-state index is 6.14. The summed E-state index contributed by atoms with van der Waals surface area (Å²) in [6, 6.07) is 17.3. The SMILES string of the molecule is CCn1cc(C(CN)Cc2ccccc2C)c2ccccc21. The van der Waals surface area contributed by atoms with E-state index in [4.69, 9.17) is 5.73 Å². The Labute approximate surface area is 132 Å². The minimum absolute atomic E-state index is 0.360. The second-order valence-electron chi connectivity index (χ2n) is 5.95. The van der Waals surface area contributed by atoms with E-state index < -0.39 is 0 Å².